The van der Waals surface area contributed by atoms with Gasteiger partial charge in [-0.15, -0.1) is 0 Å². The molecule has 1 saturated heterocycles. The van der Waals surface area contributed by atoms with Crippen molar-refractivity contribution in [1.82, 2.24) is 19.5 Å². The van der Waals surface area contributed by atoms with E-state index in [9.17, 15) is 23.8 Å². The Labute approximate surface area is 175 Å². The van der Waals surface area contributed by atoms with Crippen molar-refractivity contribution in [1.29, 1.82) is 0 Å². The van der Waals surface area contributed by atoms with Crippen molar-refractivity contribution in [3.8, 4) is 0 Å². The van der Waals surface area contributed by atoms with E-state index in [2.05, 4.69) is 28.1 Å². The Hall–Kier alpha value is -1.12. The zero-order valence-corrected chi connectivity index (χ0v) is 18.7. The van der Waals surface area contributed by atoms with E-state index < -0.39 is 35.9 Å². The van der Waals surface area contributed by atoms with E-state index in [0.717, 1.165) is 0 Å². The Bertz CT molecular complexity index is 1050. The van der Waals surface area contributed by atoms with Crippen LogP contribution in [0.25, 0.3) is 11.2 Å². The summed E-state index contributed by atoms with van der Waals surface area (Å²) in [5, 5.41) is 0. The number of nitrogens with zero attached hydrogens (tertiary/aromatic N) is 4. The fraction of sp³-hybridized carbons (Fsp3) is 0.583. The second kappa shape index (κ2) is 8.34. The number of nitrogen functional groups attached to an aromatic ring is 1. The summed E-state index contributed by atoms with van der Waals surface area (Å²) in [5.74, 6) is 0.240. The van der Waals surface area contributed by atoms with Crippen molar-refractivity contribution in [2.45, 2.75) is 31.6 Å². The quantitative estimate of drug-likeness (QED) is 0.246. The maximum absolute atomic E-state index is 12.0. The van der Waals surface area contributed by atoms with Crippen LogP contribution in [0, 0.1) is 0 Å². The first-order chi connectivity index (χ1) is 14.1. The first kappa shape index (κ1) is 24.5. The normalized spacial score (nSPS) is 23.5. The number of ether oxygens (including phenoxy) is 1. The van der Waals surface area contributed by atoms with Crippen molar-refractivity contribution in [3.05, 3.63) is 12.7 Å². The summed E-state index contributed by atoms with van der Waals surface area (Å²) >= 11 is 0. The van der Waals surface area contributed by atoms with Crippen LogP contribution >= 0.6 is 23.2 Å². The van der Waals surface area contributed by atoms with E-state index in [1.165, 1.54) is 12.7 Å². The molecule has 0 bridgehead atoms. The third-order valence-corrected chi connectivity index (χ3v) is 9.19. The molecule has 0 radical (unpaired) electrons. The van der Waals surface area contributed by atoms with Gasteiger partial charge < -0.3 is 5.73 Å². The van der Waals surface area contributed by atoms with Gasteiger partial charge >= 0.3 is 164 Å². The molecule has 19 heteroatoms. The van der Waals surface area contributed by atoms with Gasteiger partial charge in [-0.3, -0.25) is 0 Å². The Morgan fingerprint density at radius 3 is 2.55 bits per heavy atom. The van der Waals surface area contributed by atoms with Gasteiger partial charge in [0.05, 0.1) is 0 Å². The van der Waals surface area contributed by atoms with E-state index in [1.807, 2.05) is 0 Å². The molecular formula is C12H22N5O11P3. The molecule has 7 N–H and O–H groups in total. The average Bonchev–Trinajstić information content (AvgIpc) is 3.17. The van der Waals surface area contributed by atoms with Crippen molar-refractivity contribution in [3.63, 3.8) is 0 Å². The molecule has 2 aromatic rings. The number of hydrogen-bond donors (Lipinski definition) is 6. The van der Waals surface area contributed by atoms with E-state index in [0.29, 0.717) is 37.2 Å². The van der Waals surface area contributed by atoms with E-state index >= 15 is 0 Å². The van der Waals surface area contributed by atoms with Crippen LogP contribution in [0.15, 0.2) is 12.7 Å². The molecule has 31 heavy (non-hydrogen) atoms. The number of aromatic nitrogens is 4. The second-order valence-electron chi connectivity index (χ2n) is 6.96. The zero-order chi connectivity index (χ0) is 23.1. The monoisotopic (exact) mass is 505 g/mol. The number of fused-ring (bicyclic) bond motifs is 1. The summed E-state index contributed by atoms with van der Waals surface area (Å²) in [7, 11) is -16.7. The summed E-state index contributed by atoms with van der Waals surface area (Å²) in [6.07, 6.45) is 2.92. The van der Waals surface area contributed by atoms with Crippen LogP contribution in [0.4, 0.5) is 5.82 Å². The van der Waals surface area contributed by atoms with Crippen LogP contribution in [-0.2, 0) is 33.6 Å². The van der Waals surface area contributed by atoms with Crippen LogP contribution in [0.5, 0.6) is 0 Å². The molecule has 16 nitrogen and oxygen atoms in total. The topological polar surface area (TPSA) is 242 Å². The first-order valence-corrected chi connectivity index (χ1v) is 14.1. The van der Waals surface area contributed by atoms with Crippen molar-refractivity contribution in [2.75, 3.05) is 19.0 Å². The van der Waals surface area contributed by atoms with Crippen molar-refractivity contribution in [2.24, 2.45) is 0 Å². The molecule has 1 fully saturated rings. The molecule has 0 saturated carbocycles. The molecule has 0 amide bonds. The molecule has 0 spiro atoms. The summed E-state index contributed by atoms with van der Waals surface area (Å²) in [6, 6.07) is 0. The van der Waals surface area contributed by atoms with Gasteiger partial charge in [-0.1, -0.05) is 0 Å². The third kappa shape index (κ3) is 6.93. The van der Waals surface area contributed by atoms with Crippen molar-refractivity contribution >= 4 is 40.1 Å². The zero-order valence-electron chi connectivity index (χ0n) is 16.0. The number of nitrogens with two attached hydrogens (primary N) is 1. The molecule has 3 rings (SSSR count). The number of phosphoric acid groups is 2. The van der Waals surface area contributed by atoms with Gasteiger partial charge in [-0.25, -0.2) is 4.98 Å². The van der Waals surface area contributed by atoms with Crippen molar-refractivity contribution < 1.29 is 51.5 Å². The molecular weight excluding hydrogens is 483 g/mol. The number of phosphoric ester groups is 1. The first-order valence-electron chi connectivity index (χ1n) is 8.65. The molecule has 2 aromatic heterocycles. The van der Waals surface area contributed by atoms with E-state index in [1.54, 1.807) is 4.57 Å². The van der Waals surface area contributed by atoms with Gasteiger partial charge in [0.1, 0.15) is 0 Å². The number of hydrogen-bond acceptors (Lipinski definition) is 12. The van der Waals surface area contributed by atoms with Crippen LogP contribution in [-0.4, -0.2) is 69.5 Å². The Balaban J connectivity index is 1.54. The second-order valence-corrected chi connectivity index (χ2v) is 13.0. The van der Waals surface area contributed by atoms with Crippen LogP contribution in [0.1, 0.15) is 12.8 Å². The Morgan fingerprint density at radius 1 is 1.19 bits per heavy atom. The summed E-state index contributed by atoms with van der Waals surface area (Å²) < 4.78 is 42.9. The molecule has 3 heterocycles. The van der Waals surface area contributed by atoms with E-state index in [-0.39, 0.29) is 11.9 Å². The van der Waals surface area contributed by atoms with E-state index in [4.69, 9.17) is 20.3 Å². The molecule has 0 aliphatic carbocycles. The summed E-state index contributed by atoms with van der Waals surface area (Å²) in [5.41, 5.74) is 6.72. The predicted octanol–water partition coefficient (Wildman–Crippen LogP) is 0.0267. The van der Waals surface area contributed by atoms with Crippen LogP contribution in [0.3, 0.4) is 0 Å². The van der Waals surface area contributed by atoms with Gasteiger partial charge in [-0.05, 0) is 0 Å². The minimum absolute atomic E-state index is 0.240. The molecule has 1 aliphatic heterocycles. The number of anilines is 1. The minimum atomic E-state index is -6.09. The van der Waals surface area contributed by atoms with Crippen LogP contribution < -0.4 is 5.73 Å². The fourth-order valence-electron chi connectivity index (χ4n) is 2.99. The van der Waals surface area contributed by atoms with Gasteiger partial charge in [-0.2, -0.15) is 0 Å². The predicted molar refractivity (Wildman–Crippen MR) is 105 cm³/mol. The number of rotatable bonds is 9. The Kier molecular flexibility index (Phi) is 6.60. The van der Waals surface area contributed by atoms with Gasteiger partial charge in [0.2, 0.25) is 0 Å². The standard InChI is InChI=1S/C12H22N5O11P3/c1-31(23,24,27-29(18,19)20)28-30(21,22)25-5-9-3-2-8(26-9)4-17-7-16-10-11(13)14-6-15-12(10)17/h6-9,23-24H,2-5H2,1H3,(H,21,22)(H2,13,14,15)(H2,18,19,20)/t8-,9?/m1/s1. The summed E-state index contributed by atoms with van der Waals surface area (Å²) in [6.45, 7) is 0.239. The molecule has 0 aromatic carbocycles. The van der Waals surface area contributed by atoms with Gasteiger partial charge in [0, 0.05) is 0 Å². The molecule has 176 valence electrons. The average molecular weight is 505 g/mol. The fourth-order valence-corrected chi connectivity index (χ4v) is 7.78. The maximum atomic E-state index is 12.0. The molecule has 1 aliphatic rings. The SMILES string of the molecule is CP(O)(O)(OP(=O)(O)O)OP(=O)(O)OCC1CC[C@H](Cn2cnc3c(N)ncnc32)O1. The number of imidazole rings is 1. The molecule has 3 atom stereocenters. The summed E-state index contributed by atoms with van der Waals surface area (Å²) in [4.78, 5) is 58.7. The Morgan fingerprint density at radius 2 is 1.87 bits per heavy atom. The molecule has 2 unspecified atom stereocenters. The van der Waals surface area contributed by atoms with Crippen LogP contribution in [0.2, 0.25) is 0 Å². The van der Waals surface area contributed by atoms with Gasteiger partial charge in [0.25, 0.3) is 0 Å². The van der Waals surface area contributed by atoms with Gasteiger partial charge in [0.15, 0.2) is 0 Å². The third-order valence-electron chi connectivity index (χ3n) is 4.03.